The summed E-state index contributed by atoms with van der Waals surface area (Å²) in [5.74, 6) is 3.20. The van der Waals surface area contributed by atoms with Gasteiger partial charge < -0.3 is 10.2 Å². The molecule has 0 radical (unpaired) electrons. The molecule has 2 N–H and O–H groups in total. The molecule has 7 unspecified atom stereocenters. The minimum Gasteiger partial charge on any atom is -0.481 e. The van der Waals surface area contributed by atoms with Gasteiger partial charge in [0.25, 0.3) is 0 Å². The first-order chi connectivity index (χ1) is 13.3. The van der Waals surface area contributed by atoms with Crippen LogP contribution in [0.5, 0.6) is 0 Å². The van der Waals surface area contributed by atoms with Crippen LogP contribution >= 0.6 is 0 Å². The van der Waals surface area contributed by atoms with E-state index in [0.29, 0.717) is 23.2 Å². The molecule has 4 aliphatic rings. The Morgan fingerprint density at radius 3 is 2.71 bits per heavy atom. The number of aliphatic carboxylic acids is 1. The first-order valence-electron chi connectivity index (χ1n) is 11.8. The Balaban J connectivity index is 1.50. The molecular formula is C25H40O3. The second-order valence-electron chi connectivity index (χ2n) is 11.1. The summed E-state index contributed by atoms with van der Waals surface area (Å²) in [7, 11) is 0. The highest BCUT2D eigenvalue weighted by Gasteiger charge is 2.59. The van der Waals surface area contributed by atoms with E-state index in [2.05, 4.69) is 26.8 Å². The molecule has 0 spiro atoms. The fourth-order valence-corrected chi connectivity index (χ4v) is 8.39. The van der Waals surface area contributed by atoms with E-state index >= 15 is 0 Å². The van der Waals surface area contributed by atoms with Crippen molar-refractivity contribution in [3.8, 4) is 0 Å². The summed E-state index contributed by atoms with van der Waals surface area (Å²) >= 11 is 0. The van der Waals surface area contributed by atoms with Crippen LogP contribution in [0.25, 0.3) is 0 Å². The number of carboxylic acid groups (broad SMARTS) is 1. The Hall–Kier alpha value is -0.830. The van der Waals surface area contributed by atoms with Gasteiger partial charge in [-0.2, -0.15) is 0 Å². The number of carbonyl (C=O) groups is 1. The minimum absolute atomic E-state index is 0.118. The molecule has 158 valence electrons. The summed E-state index contributed by atoms with van der Waals surface area (Å²) < 4.78 is 0. The number of hydrogen-bond donors (Lipinski definition) is 2. The van der Waals surface area contributed by atoms with Crippen LogP contribution in [0.3, 0.4) is 0 Å². The van der Waals surface area contributed by atoms with Gasteiger partial charge in [0.15, 0.2) is 0 Å². The Morgan fingerprint density at radius 2 is 1.96 bits per heavy atom. The molecule has 4 rings (SSSR count). The summed E-state index contributed by atoms with van der Waals surface area (Å²) in [6.07, 6.45) is 14.3. The predicted molar refractivity (Wildman–Crippen MR) is 112 cm³/mol. The number of fused-ring (bicyclic) bond motifs is 5. The first-order valence-corrected chi connectivity index (χ1v) is 11.8. The van der Waals surface area contributed by atoms with Crippen molar-refractivity contribution in [2.24, 2.45) is 40.4 Å². The second-order valence-corrected chi connectivity index (χ2v) is 11.1. The van der Waals surface area contributed by atoms with Gasteiger partial charge in [0.1, 0.15) is 0 Å². The third-order valence-electron chi connectivity index (χ3n) is 9.89. The highest BCUT2D eigenvalue weighted by Crippen LogP contribution is 2.67. The third kappa shape index (κ3) is 3.26. The Labute approximate surface area is 171 Å². The number of rotatable bonds is 5. The van der Waals surface area contributed by atoms with Crippen molar-refractivity contribution in [3.05, 3.63) is 11.6 Å². The number of allylic oxidation sites excluding steroid dienone is 1. The molecule has 3 fully saturated rings. The number of hydrogen-bond acceptors (Lipinski definition) is 2. The van der Waals surface area contributed by atoms with Crippen molar-refractivity contribution >= 4 is 5.97 Å². The first kappa shape index (κ1) is 20.4. The molecule has 0 aromatic carbocycles. The molecule has 8 atom stereocenters. The van der Waals surface area contributed by atoms with E-state index in [0.717, 1.165) is 49.4 Å². The predicted octanol–water partition coefficient (Wildman–Crippen LogP) is 5.82. The van der Waals surface area contributed by atoms with Crippen molar-refractivity contribution in [3.63, 3.8) is 0 Å². The van der Waals surface area contributed by atoms with Gasteiger partial charge >= 0.3 is 5.97 Å². The molecule has 3 nitrogen and oxygen atoms in total. The number of carboxylic acids is 1. The Kier molecular flexibility index (Phi) is 5.44. The monoisotopic (exact) mass is 388 g/mol. The highest BCUT2D eigenvalue weighted by atomic mass is 16.4. The lowest BCUT2D eigenvalue weighted by atomic mass is 9.47. The summed E-state index contributed by atoms with van der Waals surface area (Å²) in [5, 5.41) is 19.1. The van der Waals surface area contributed by atoms with Crippen LogP contribution in [-0.2, 0) is 4.79 Å². The van der Waals surface area contributed by atoms with Gasteiger partial charge in [-0.3, -0.25) is 4.79 Å². The molecule has 0 aromatic heterocycles. The standard InChI is InChI=1S/C25H40O3/c1-16(5-4-6-23(27)28)20-9-10-21-19-8-7-17-15-18(26)11-13-24(17,2)22(19)12-14-25(20,21)3/h7,16,18-22,26H,4-6,8-15H2,1-3H3,(H,27,28)/t16-,18?,19?,20?,21?,22?,24?,25?/m1/s1. The maximum absolute atomic E-state index is 10.9. The fourth-order valence-electron chi connectivity index (χ4n) is 8.39. The van der Waals surface area contributed by atoms with Gasteiger partial charge in [0.2, 0.25) is 0 Å². The number of aliphatic hydroxyl groups excluding tert-OH is 1. The lowest BCUT2D eigenvalue weighted by Crippen LogP contribution is -2.50. The zero-order valence-corrected chi connectivity index (χ0v) is 18.1. The summed E-state index contributed by atoms with van der Waals surface area (Å²) in [5.41, 5.74) is 2.33. The van der Waals surface area contributed by atoms with Crippen LogP contribution in [0.1, 0.15) is 91.4 Å². The van der Waals surface area contributed by atoms with E-state index < -0.39 is 5.97 Å². The van der Waals surface area contributed by atoms with Gasteiger partial charge in [-0.25, -0.2) is 0 Å². The van der Waals surface area contributed by atoms with E-state index in [1.807, 2.05) is 0 Å². The molecule has 4 aliphatic carbocycles. The Morgan fingerprint density at radius 1 is 1.18 bits per heavy atom. The van der Waals surface area contributed by atoms with Gasteiger partial charge in [-0.05, 0) is 105 Å². The van der Waals surface area contributed by atoms with Gasteiger partial charge in [0.05, 0.1) is 6.10 Å². The SMILES string of the molecule is C[C@H](CCCC(=O)O)C1CCC2C3CC=C4CC(O)CCC4(C)C3CCC21C. The van der Waals surface area contributed by atoms with Gasteiger partial charge in [-0.15, -0.1) is 0 Å². The molecule has 0 aliphatic heterocycles. The van der Waals surface area contributed by atoms with Crippen LogP contribution < -0.4 is 0 Å². The molecular weight excluding hydrogens is 348 g/mol. The topological polar surface area (TPSA) is 57.5 Å². The van der Waals surface area contributed by atoms with Crippen LogP contribution in [0.4, 0.5) is 0 Å². The van der Waals surface area contributed by atoms with Crippen LogP contribution in [-0.4, -0.2) is 22.3 Å². The lowest BCUT2D eigenvalue weighted by Gasteiger charge is -2.58. The van der Waals surface area contributed by atoms with Crippen molar-refractivity contribution in [2.75, 3.05) is 0 Å². The maximum atomic E-state index is 10.9. The zero-order chi connectivity index (χ0) is 20.1. The normalized spacial score (nSPS) is 46.1. The van der Waals surface area contributed by atoms with Crippen molar-refractivity contribution in [1.82, 2.24) is 0 Å². The summed E-state index contributed by atoms with van der Waals surface area (Å²) in [6, 6.07) is 0. The third-order valence-corrected chi connectivity index (χ3v) is 9.89. The lowest BCUT2D eigenvalue weighted by molar-refractivity contribution is -0.137. The largest absolute Gasteiger partial charge is 0.481 e. The summed E-state index contributed by atoms with van der Waals surface area (Å²) in [4.78, 5) is 10.9. The van der Waals surface area contributed by atoms with Gasteiger partial charge in [-0.1, -0.05) is 32.4 Å². The van der Waals surface area contributed by atoms with E-state index in [9.17, 15) is 9.90 Å². The molecule has 0 aromatic rings. The molecule has 0 bridgehead atoms. The molecule has 28 heavy (non-hydrogen) atoms. The molecule has 3 saturated carbocycles. The minimum atomic E-state index is -0.654. The van der Waals surface area contributed by atoms with Crippen LogP contribution in [0.2, 0.25) is 0 Å². The van der Waals surface area contributed by atoms with Gasteiger partial charge in [0, 0.05) is 6.42 Å². The smallest absolute Gasteiger partial charge is 0.303 e. The van der Waals surface area contributed by atoms with E-state index in [4.69, 9.17) is 5.11 Å². The summed E-state index contributed by atoms with van der Waals surface area (Å²) in [6.45, 7) is 7.46. The molecule has 0 heterocycles. The molecule has 0 saturated heterocycles. The van der Waals surface area contributed by atoms with Crippen molar-refractivity contribution in [1.29, 1.82) is 0 Å². The second kappa shape index (κ2) is 7.45. The fraction of sp³-hybridized carbons (Fsp3) is 0.880. The average Bonchev–Trinajstić information content (AvgIpc) is 2.99. The van der Waals surface area contributed by atoms with E-state index in [1.54, 1.807) is 5.57 Å². The zero-order valence-electron chi connectivity index (χ0n) is 18.1. The van der Waals surface area contributed by atoms with E-state index in [1.165, 1.54) is 38.5 Å². The van der Waals surface area contributed by atoms with Crippen molar-refractivity contribution in [2.45, 2.75) is 97.5 Å². The quantitative estimate of drug-likeness (QED) is 0.584. The Bertz CT molecular complexity index is 640. The highest BCUT2D eigenvalue weighted by molar-refractivity contribution is 5.66. The maximum Gasteiger partial charge on any atom is 0.303 e. The molecule has 3 heteroatoms. The van der Waals surface area contributed by atoms with Crippen LogP contribution in [0.15, 0.2) is 11.6 Å². The van der Waals surface area contributed by atoms with Crippen LogP contribution in [0, 0.1) is 40.4 Å². The molecule has 0 amide bonds. The number of aliphatic hydroxyl groups is 1. The average molecular weight is 389 g/mol. The van der Waals surface area contributed by atoms with E-state index in [-0.39, 0.29) is 6.10 Å². The van der Waals surface area contributed by atoms with Crippen molar-refractivity contribution < 1.29 is 15.0 Å².